The molecule has 3 atom stereocenters. The molecule has 1 fully saturated rings. The van der Waals surface area contributed by atoms with Crippen molar-refractivity contribution in [3.63, 3.8) is 0 Å². The van der Waals surface area contributed by atoms with Crippen molar-refractivity contribution in [1.82, 2.24) is 4.90 Å². The van der Waals surface area contributed by atoms with Crippen molar-refractivity contribution in [2.24, 2.45) is 11.8 Å². The van der Waals surface area contributed by atoms with Crippen molar-refractivity contribution in [1.29, 1.82) is 0 Å². The largest absolute Gasteiger partial charge is 0.480 e. The van der Waals surface area contributed by atoms with Crippen molar-refractivity contribution in [3.05, 3.63) is 70.8 Å². The number of carbonyl (C=O) groups is 3. The van der Waals surface area contributed by atoms with E-state index in [1.807, 2.05) is 54.8 Å². The first-order chi connectivity index (χ1) is 14.8. The summed E-state index contributed by atoms with van der Waals surface area (Å²) in [6.07, 6.45) is 2.10. The number of nitrogens with zero attached hydrogens (tertiary/aromatic N) is 1. The Bertz CT molecular complexity index is 1010. The number of carboxylic acids is 1. The van der Waals surface area contributed by atoms with Gasteiger partial charge in [-0.2, -0.15) is 11.8 Å². The molecule has 2 aromatic carbocycles. The number of likely N-dealkylation sites (tertiary alicyclic amines) is 1. The zero-order valence-electron chi connectivity index (χ0n) is 16.5. The van der Waals surface area contributed by atoms with Crippen LogP contribution in [0.4, 0.5) is 0 Å². The summed E-state index contributed by atoms with van der Waals surface area (Å²) in [4.78, 5) is 40.7. The second-order valence-corrected chi connectivity index (χ2v) is 11.6. The van der Waals surface area contributed by atoms with Gasteiger partial charge in [0.05, 0.1) is 20.5 Å². The lowest BCUT2D eigenvalue weighted by atomic mass is 9.54. The first-order valence-electron chi connectivity index (χ1n) is 9.96. The molecule has 3 aliphatic carbocycles. The summed E-state index contributed by atoms with van der Waals surface area (Å²) in [7, 11) is 0. The summed E-state index contributed by atoms with van der Waals surface area (Å²) >= 11 is 9.34. The van der Waals surface area contributed by atoms with Crippen LogP contribution in [0.5, 0.6) is 0 Å². The van der Waals surface area contributed by atoms with Crippen molar-refractivity contribution >= 4 is 61.4 Å². The summed E-state index contributed by atoms with van der Waals surface area (Å²) < 4.78 is -1.80. The second-order valence-electron chi connectivity index (χ2n) is 8.15. The number of carbonyl (C=O) groups excluding carboxylic acids is 2. The maximum Gasteiger partial charge on any atom is 0.326 e. The minimum absolute atomic E-state index is 0.220. The molecule has 4 aliphatic rings. The predicted octanol–water partition coefficient (Wildman–Crippen LogP) is 4.10. The Kier molecular flexibility index (Phi) is 4.92. The fraction of sp³-hybridized carbons (Fsp3) is 0.348. The molecular weight excluding hydrogens is 546 g/mol. The van der Waals surface area contributed by atoms with Gasteiger partial charge in [-0.05, 0) is 40.7 Å². The van der Waals surface area contributed by atoms with Crippen LogP contribution >= 0.6 is 43.6 Å². The normalized spacial score (nSPS) is 31.3. The van der Waals surface area contributed by atoms with Gasteiger partial charge in [0.25, 0.3) is 0 Å². The lowest BCUT2D eigenvalue weighted by molar-refractivity contribution is -0.155. The van der Waals surface area contributed by atoms with E-state index in [0.29, 0.717) is 5.75 Å². The van der Waals surface area contributed by atoms with Crippen LogP contribution in [0.2, 0.25) is 0 Å². The van der Waals surface area contributed by atoms with Gasteiger partial charge < -0.3 is 5.11 Å². The number of alkyl halides is 2. The van der Waals surface area contributed by atoms with Gasteiger partial charge in [0, 0.05) is 0 Å². The number of rotatable bonds is 5. The zero-order chi connectivity index (χ0) is 22.1. The molecule has 5 nitrogen and oxygen atoms in total. The topological polar surface area (TPSA) is 74.7 Å². The van der Waals surface area contributed by atoms with Crippen LogP contribution in [0.1, 0.15) is 28.7 Å². The minimum Gasteiger partial charge on any atom is -0.480 e. The van der Waals surface area contributed by atoms with E-state index in [9.17, 15) is 19.5 Å². The van der Waals surface area contributed by atoms with Crippen LogP contribution in [0, 0.1) is 11.8 Å². The van der Waals surface area contributed by atoms with Gasteiger partial charge in [0.1, 0.15) is 6.04 Å². The van der Waals surface area contributed by atoms with Gasteiger partial charge in [0.15, 0.2) is 0 Å². The van der Waals surface area contributed by atoms with Crippen LogP contribution in [-0.2, 0) is 23.0 Å². The molecule has 1 saturated heterocycles. The third-order valence-corrected chi connectivity index (χ3v) is 10.2. The Morgan fingerprint density at radius 2 is 1.35 bits per heavy atom. The average Bonchev–Trinajstić information content (AvgIpc) is 3.04. The van der Waals surface area contributed by atoms with E-state index in [4.69, 9.17) is 0 Å². The van der Waals surface area contributed by atoms with E-state index in [1.165, 1.54) is 11.8 Å². The summed E-state index contributed by atoms with van der Waals surface area (Å²) in [6.45, 7) is 0. The lowest BCUT2D eigenvalue weighted by Gasteiger charge is -2.55. The number of hydrogen-bond donors (Lipinski definition) is 1. The first kappa shape index (κ1) is 21.2. The highest BCUT2D eigenvalue weighted by Gasteiger charge is 2.73. The van der Waals surface area contributed by atoms with Gasteiger partial charge in [-0.3, -0.25) is 14.5 Å². The quantitative estimate of drug-likeness (QED) is 0.437. The fourth-order valence-corrected chi connectivity index (χ4v) is 8.35. The fourth-order valence-electron chi connectivity index (χ4n) is 5.59. The maximum atomic E-state index is 13.8. The molecule has 6 rings (SSSR count). The van der Waals surface area contributed by atoms with Crippen molar-refractivity contribution < 1.29 is 19.5 Å². The van der Waals surface area contributed by atoms with E-state index in [1.54, 1.807) is 0 Å². The molecule has 0 unspecified atom stereocenters. The van der Waals surface area contributed by atoms with E-state index in [2.05, 4.69) is 31.9 Å². The van der Waals surface area contributed by atoms with Gasteiger partial charge in [-0.1, -0.05) is 80.4 Å². The standard InChI is InChI=1S/C23H19Br2NO4S/c1-31-11-10-16(21(29)30)26-19(27)17-18(20(26)28)23(25)13-7-3-2-6-12(13)22(17,24)14-8-4-5-9-15(14)23/h2-9,16-18H,10-11H2,1H3,(H,29,30)/t16-,17-,18+,22?,23?/m0/s1. The monoisotopic (exact) mass is 563 g/mol. The number of imide groups is 1. The SMILES string of the molecule is CSCC[C@@H](C(=O)O)N1C(=O)[C@@H]2[C@H](C1=O)C1(Br)c3ccccc3C2(Br)c2ccccc21. The number of hydrogen-bond acceptors (Lipinski definition) is 4. The third-order valence-electron chi connectivity index (χ3n) is 6.81. The molecule has 0 radical (unpaired) electrons. The van der Waals surface area contributed by atoms with E-state index in [-0.39, 0.29) is 6.42 Å². The Morgan fingerprint density at radius 3 is 1.68 bits per heavy atom. The van der Waals surface area contributed by atoms with Gasteiger partial charge in [-0.15, -0.1) is 0 Å². The summed E-state index contributed by atoms with van der Waals surface area (Å²) in [5.41, 5.74) is 3.74. The van der Waals surface area contributed by atoms with Crippen LogP contribution in [0.15, 0.2) is 48.5 Å². The summed E-state index contributed by atoms with van der Waals surface area (Å²) in [5.74, 6) is -2.92. The minimum atomic E-state index is -1.17. The number of aliphatic carboxylic acids is 1. The molecule has 0 aromatic heterocycles. The van der Waals surface area contributed by atoms with Gasteiger partial charge in [0.2, 0.25) is 11.8 Å². The van der Waals surface area contributed by atoms with Gasteiger partial charge >= 0.3 is 5.97 Å². The molecule has 160 valence electrons. The summed E-state index contributed by atoms with van der Waals surface area (Å²) in [6, 6.07) is 14.5. The summed E-state index contributed by atoms with van der Waals surface area (Å²) in [5, 5.41) is 9.87. The molecule has 31 heavy (non-hydrogen) atoms. The number of halogens is 2. The second kappa shape index (κ2) is 7.18. The van der Waals surface area contributed by atoms with Crippen molar-refractivity contribution in [3.8, 4) is 0 Å². The van der Waals surface area contributed by atoms with Crippen LogP contribution in [0.3, 0.4) is 0 Å². The van der Waals surface area contributed by atoms with Crippen LogP contribution < -0.4 is 0 Å². The molecule has 0 saturated carbocycles. The molecule has 8 heteroatoms. The van der Waals surface area contributed by atoms with Crippen LogP contribution in [0.25, 0.3) is 0 Å². The zero-order valence-corrected chi connectivity index (χ0v) is 20.5. The molecule has 2 aromatic rings. The number of amides is 2. The highest BCUT2D eigenvalue weighted by molar-refractivity contribution is 9.10. The Morgan fingerprint density at radius 1 is 0.968 bits per heavy atom. The van der Waals surface area contributed by atoms with E-state index >= 15 is 0 Å². The predicted molar refractivity (Wildman–Crippen MR) is 126 cm³/mol. The molecule has 1 N–H and O–H groups in total. The van der Waals surface area contributed by atoms with Gasteiger partial charge in [-0.25, -0.2) is 4.79 Å². The molecule has 2 bridgehead atoms. The molecule has 1 heterocycles. The lowest BCUT2D eigenvalue weighted by Crippen LogP contribution is -2.56. The highest BCUT2D eigenvalue weighted by Crippen LogP contribution is 2.70. The Hall–Kier alpha value is -1.64. The molecule has 1 aliphatic heterocycles. The Labute approximate surface area is 200 Å². The molecule has 2 amide bonds. The number of carboxylic acid groups (broad SMARTS) is 1. The first-order valence-corrected chi connectivity index (χ1v) is 12.9. The average molecular weight is 565 g/mol. The molecule has 0 spiro atoms. The number of benzene rings is 2. The molecular formula is C23H19Br2NO4S. The Balaban J connectivity index is 1.76. The number of thioether (sulfide) groups is 1. The highest BCUT2D eigenvalue weighted by atomic mass is 79.9. The van der Waals surface area contributed by atoms with E-state index in [0.717, 1.165) is 27.2 Å². The maximum absolute atomic E-state index is 13.8. The van der Waals surface area contributed by atoms with E-state index < -0.39 is 44.3 Å². The van der Waals surface area contributed by atoms with Crippen molar-refractivity contribution in [2.45, 2.75) is 21.1 Å². The smallest absolute Gasteiger partial charge is 0.326 e. The third kappa shape index (κ3) is 2.52. The van der Waals surface area contributed by atoms with Crippen LogP contribution in [-0.4, -0.2) is 45.8 Å². The van der Waals surface area contributed by atoms with Crippen molar-refractivity contribution in [2.75, 3.05) is 12.0 Å².